The van der Waals surface area contributed by atoms with Gasteiger partial charge >= 0.3 is 0 Å². The average Bonchev–Trinajstić information content (AvgIpc) is 2.45. The first-order valence-corrected chi connectivity index (χ1v) is 6.97. The molecule has 0 spiro atoms. The Bertz CT molecular complexity index is 514. The van der Waals surface area contributed by atoms with E-state index in [-0.39, 0.29) is 18.4 Å². The highest BCUT2D eigenvalue weighted by Gasteiger charge is 2.15. The molecule has 0 saturated heterocycles. The Labute approximate surface area is 125 Å². The molecule has 1 aromatic carbocycles. The van der Waals surface area contributed by atoms with Crippen molar-refractivity contribution < 1.29 is 9.59 Å². The van der Waals surface area contributed by atoms with Gasteiger partial charge < -0.3 is 20.9 Å². The monoisotopic (exact) mass is 292 g/mol. The molecule has 0 atom stereocenters. The quantitative estimate of drug-likeness (QED) is 0.765. The van der Waals surface area contributed by atoms with Crippen LogP contribution in [0.2, 0.25) is 0 Å². The summed E-state index contributed by atoms with van der Waals surface area (Å²) in [6.45, 7) is 3.01. The molecule has 21 heavy (non-hydrogen) atoms. The molecule has 0 aliphatic carbocycles. The van der Waals surface area contributed by atoms with E-state index in [0.29, 0.717) is 11.3 Å². The van der Waals surface area contributed by atoms with Crippen LogP contribution in [-0.4, -0.2) is 50.9 Å². The van der Waals surface area contributed by atoms with Crippen LogP contribution in [0.15, 0.2) is 18.2 Å². The summed E-state index contributed by atoms with van der Waals surface area (Å²) in [4.78, 5) is 26.9. The molecular formula is C15H24N4O2. The van der Waals surface area contributed by atoms with Gasteiger partial charge in [0.05, 0.1) is 17.9 Å². The lowest BCUT2D eigenvalue weighted by Crippen LogP contribution is -2.36. The van der Waals surface area contributed by atoms with Gasteiger partial charge in [-0.3, -0.25) is 9.59 Å². The molecule has 0 aliphatic heterocycles. The number of nitrogen functional groups attached to an aromatic ring is 1. The molecule has 116 valence electrons. The van der Waals surface area contributed by atoms with Crippen LogP contribution in [0.1, 0.15) is 23.7 Å². The van der Waals surface area contributed by atoms with Crippen molar-refractivity contribution in [3.05, 3.63) is 23.8 Å². The molecule has 1 rings (SSSR count). The molecular weight excluding hydrogens is 268 g/mol. The molecule has 0 bridgehead atoms. The van der Waals surface area contributed by atoms with Gasteiger partial charge in [0, 0.05) is 33.3 Å². The Balaban J connectivity index is 3.04. The number of carbonyl (C=O) groups is 2. The summed E-state index contributed by atoms with van der Waals surface area (Å²) in [6, 6.07) is 5.19. The van der Waals surface area contributed by atoms with Crippen molar-refractivity contribution in [1.82, 2.24) is 10.2 Å². The summed E-state index contributed by atoms with van der Waals surface area (Å²) < 4.78 is 0. The number of nitrogens with one attached hydrogen (secondary N) is 1. The Morgan fingerprint density at radius 2 is 1.95 bits per heavy atom. The number of amides is 2. The van der Waals surface area contributed by atoms with E-state index in [0.717, 1.165) is 18.7 Å². The topological polar surface area (TPSA) is 78.7 Å². The summed E-state index contributed by atoms with van der Waals surface area (Å²) in [5.74, 6) is -0.169. The molecule has 0 fully saturated rings. The van der Waals surface area contributed by atoms with Crippen molar-refractivity contribution in [2.24, 2.45) is 0 Å². The molecule has 2 amide bonds. The molecule has 0 radical (unpaired) electrons. The minimum absolute atomic E-state index is 0.0729. The zero-order valence-electron chi connectivity index (χ0n) is 13.1. The summed E-state index contributed by atoms with van der Waals surface area (Å²) in [7, 11) is 5.00. The predicted octanol–water partition coefficient (Wildman–Crippen LogP) is 0.933. The predicted molar refractivity (Wildman–Crippen MR) is 85.4 cm³/mol. The maximum atomic E-state index is 11.9. The van der Waals surface area contributed by atoms with Crippen LogP contribution in [0.3, 0.4) is 0 Å². The van der Waals surface area contributed by atoms with Crippen molar-refractivity contribution >= 4 is 23.2 Å². The number of nitrogens with zero attached hydrogens (tertiary/aromatic N) is 2. The zero-order chi connectivity index (χ0) is 16.0. The third-order valence-corrected chi connectivity index (χ3v) is 3.13. The van der Waals surface area contributed by atoms with Crippen molar-refractivity contribution in [2.75, 3.05) is 44.9 Å². The molecule has 6 heteroatoms. The first-order valence-electron chi connectivity index (χ1n) is 6.97. The second-order valence-corrected chi connectivity index (χ2v) is 5.07. The van der Waals surface area contributed by atoms with Gasteiger partial charge in [0.2, 0.25) is 5.91 Å². The maximum Gasteiger partial charge on any atom is 0.253 e. The maximum absolute atomic E-state index is 11.9. The highest BCUT2D eigenvalue weighted by molar-refractivity contribution is 5.96. The molecule has 0 aliphatic rings. The lowest BCUT2D eigenvalue weighted by atomic mass is 10.1. The number of rotatable bonds is 6. The van der Waals surface area contributed by atoms with Crippen LogP contribution < -0.4 is 16.0 Å². The fourth-order valence-electron chi connectivity index (χ4n) is 2.04. The fraction of sp³-hybridized carbons (Fsp3) is 0.467. The van der Waals surface area contributed by atoms with E-state index in [4.69, 9.17) is 5.73 Å². The molecule has 0 saturated carbocycles. The van der Waals surface area contributed by atoms with Gasteiger partial charge in [-0.1, -0.05) is 6.92 Å². The van der Waals surface area contributed by atoms with E-state index >= 15 is 0 Å². The molecule has 0 aromatic heterocycles. The minimum Gasteiger partial charge on any atom is -0.397 e. The summed E-state index contributed by atoms with van der Waals surface area (Å²) >= 11 is 0. The van der Waals surface area contributed by atoms with Crippen LogP contribution in [0, 0.1) is 0 Å². The Hall–Kier alpha value is -2.24. The first kappa shape index (κ1) is 16.8. The number of hydrogen-bond donors (Lipinski definition) is 2. The summed E-state index contributed by atoms with van der Waals surface area (Å²) in [5, 5.41) is 2.61. The van der Waals surface area contributed by atoms with Gasteiger partial charge in [-0.05, 0) is 24.6 Å². The first-order chi connectivity index (χ1) is 9.90. The molecule has 6 nitrogen and oxygen atoms in total. The third-order valence-electron chi connectivity index (χ3n) is 3.13. The second-order valence-electron chi connectivity index (χ2n) is 5.07. The Kier molecular flexibility index (Phi) is 6.02. The smallest absolute Gasteiger partial charge is 0.253 e. The van der Waals surface area contributed by atoms with Crippen LogP contribution >= 0.6 is 0 Å². The van der Waals surface area contributed by atoms with Gasteiger partial charge in [-0.2, -0.15) is 0 Å². The average molecular weight is 292 g/mol. The Morgan fingerprint density at radius 3 is 2.43 bits per heavy atom. The highest BCUT2D eigenvalue weighted by Crippen LogP contribution is 2.25. The zero-order valence-corrected chi connectivity index (χ0v) is 13.1. The standard InChI is InChI=1S/C15H24N4O2/c1-5-8-19(10-14(20)17-2)13-7-6-11(9-12(13)16)15(21)18(3)4/h6-7,9H,5,8,10,16H2,1-4H3,(H,17,20). The highest BCUT2D eigenvalue weighted by atomic mass is 16.2. The number of anilines is 2. The van der Waals surface area contributed by atoms with Crippen LogP contribution in [0.5, 0.6) is 0 Å². The SMILES string of the molecule is CCCN(CC(=O)NC)c1ccc(C(=O)N(C)C)cc1N. The largest absolute Gasteiger partial charge is 0.397 e. The van der Waals surface area contributed by atoms with Crippen molar-refractivity contribution in [1.29, 1.82) is 0 Å². The number of benzene rings is 1. The van der Waals surface area contributed by atoms with Crippen LogP contribution in [0.25, 0.3) is 0 Å². The fourth-order valence-corrected chi connectivity index (χ4v) is 2.04. The van der Waals surface area contributed by atoms with E-state index in [1.54, 1.807) is 39.3 Å². The van der Waals surface area contributed by atoms with E-state index in [9.17, 15) is 9.59 Å². The number of nitrogens with two attached hydrogens (primary N) is 1. The number of likely N-dealkylation sites (N-methyl/N-ethyl adjacent to an activating group) is 1. The molecule has 1 aromatic rings. The third kappa shape index (κ3) is 4.37. The van der Waals surface area contributed by atoms with Gasteiger partial charge in [-0.15, -0.1) is 0 Å². The van der Waals surface area contributed by atoms with E-state index in [1.807, 2.05) is 11.8 Å². The van der Waals surface area contributed by atoms with Crippen LogP contribution in [0.4, 0.5) is 11.4 Å². The number of hydrogen-bond acceptors (Lipinski definition) is 4. The lowest BCUT2D eigenvalue weighted by Gasteiger charge is -2.25. The van der Waals surface area contributed by atoms with Crippen LogP contribution in [-0.2, 0) is 4.79 Å². The van der Waals surface area contributed by atoms with E-state index in [2.05, 4.69) is 5.32 Å². The van der Waals surface area contributed by atoms with Gasteiger partial charge in [0.25, 0.3) is 5.91 Å². The van der Waals surface area contributed by atoms with E-state index < -0.39 is 0 Å². The second kappa shape index (κ2) is 7.52. The van der Waals surface area contributed by atoms with Crippen molar-refractivity contribution in [3.8, 4) is 0 Å². The summed E-state index contributed by atoms with van der Waals surface area (Å²) in [5.41, 5.74) is 7.88. The minimum atomic E-state index is -0.0957. The normalized spacial score (nSPS) is 10.1. The lowest BCUT2D eigenvalue weighted by molar-refractivity contribution is -0.119. The molecule has 3 N–H and O–H groups in total. The molecule has 0 heterocycles. The molecule has 0 unspecified atom stereocenters. The van der Waals surface area contributed by atoms with Gasteiger partial charge in [0.15, 0.2) is 0 Å². The van der Waals surface area contributed by atoms with Crippen molar-refractivity contribution in [2.45, 2.75) is 13.3 Å². The Morgan fingerprint density at radius 1 is 1.29 bits per heavy atom. The van der Waals surface area contributed by atoms with Gasteiger partial charge in [-0.25, -0.2) is 0 Å². The van der Waals surface area contributed by atoms with Crippen molar-refractivity contribution in [3.63, 3.8) is 0 Å². The number of carbonyl (C=O) groups excluding carboxylic acids is 2. The van der Waals surface area contributed by atoms with Gasteiger partial charge in [0.1, 0.15) is 0 Å². The summed E-state index contributed by atoms with van der Waals surface area (Å²) in [6.07, 6.45) is 0.898. The van der Waals surface area contributed by atoms with E-state index in [1.165, 1.54) is 4.90 Å².